The Balaban J connectivity index is 0.000000261. The molecule has 1 saturated heterocycles. The summed E-state index contributed by atoms with van der Waals surface area (Å²) in [6, 6.07) is 10.5. The molecule has 0 amide bonds. The first kappa shape index (κ1) is 23.0. The van der Waals surface area contributed by atoms with Crippen LogP contribution in [0.1, 0.15) is 32.3 Å². The highest BCUT2D eigenvalue weighted by molar-refractivity contribution is 9.10. The molecule has 8 heteroatoms. The summed E-state index contributed by atoms with van der Waals surface area (Å²) >= 11 is 11.0. The molecule has 1 aliphatic heterocycles. The summed E-state index contributed by atoms with van der Waals surface area (Å²) in [5.41, 5.74) is 7.55. The molecule has 1 aliphatic rings. The van der Waals surface area contributed by atoms with Gasteiger partial charge < -0.3 is 15.8 Å². The maximum Gasteiger partial charge on any atom is 0.225 e. The minimum Gasteiger partial charge on any atom is -0.380 e. The maximum absolute atomic E-state index is 5.96. The molecule has 2 aromatic heterocycles. The standard InChI is InChI=1S/C13H9BrClN3S.C5H11NO.C2H6/c14-9-7-19-11-10(9)17-13(15)18-12(11)16-6-8-4-2-1-3-5-8;6-5-2-1-3-7-4-5;1-2/h1-5,7H,6H2,(H,16,17,18);5H,1-4,6H2;1-2H3. The average molecular weight is 486 g/mol. The lowest BCUT2D eigenvalue weighted by atomic mass is 10.1. The van der Waals surface area contributed by atoms with Crippen LogP contribution >= 0.6 is 38.9 Å². The summed E-state index contributed by atoms with van der Waals surface area (Å²) in [5, 5.41) is 5.55. The second kappa shape index (κ2) is 12.3. The summed E-state index contributed by atoms with van der Waals surface area (Å²) in [4.78, 5) is 8.49. The van der Waals surface area contributed by atoms with E-state index < -0.39 is 0 Å². The quantitative estimate of drug-likeness (QED) is 0.454. The number of hydrogen-bond donors (Lipinski definition) is 2. The van der Waals surface area contributed by atoms with Crippen LogP contribution in [0.15, 0.2) is 40.2 Å². The number of aromatic nitrogens is 2. The molecule has 0 spiro atoms. The molecule has 1 unspecified atom stereocenters. The Hall–Kier alpha value is -1.25. The van der Waals surface area contributed by atoms with Crippen LogP contribution in [0, 0.1) is 0 Å². The number of benzene rings is 1. The molecule has 3 heterocycles. The van der Waals surface area contributed by atoms with E-state index in [4.69, 9.17) is 22.1 Å². The van der Waals surface area contributed by atoms with Crippen molar-refractivity contribution >= 4 is 54.9 Å². The summed E-state index contributed by atoms with van der Waals surface area (Å²) in [6.45, 7) is 6.38. The van der Waals surface area contributed by atoms with Gasteiger partial charge in [-0.15, -0.1) is 11.3 Å². The van der Waals surface area contributed by atoms with Gasteiger partial charge in [0, 0.05) is 24.6 Å². The molecule has 1 aromatic carbocycles. The van der Waals surface area contributed by atoms with Gasteiger partial charge >= 0.3 is 0 Å². The zero-order valence-electron chi connectivity index (χ0n) is 16.1. The summed E-state index contributed by atoms with van der Waals surface area (Å²) in [5.74, 6) is 0.773. The van der Waals surface area contributed by atoms with Crippen molar-refractivity contribution in [2.45, 2.75) is 39.3 Å². The molecular weight excluding hydrogens is 460 g/mol. The van der Waals surface area contributed by atoms with E-state index in [2.05, 4.69) is 43.3 Å². The third-order valence-corrected chi connectivity index (χ3v) is 5.90. The second-order valence-corrected chi connectivity index (χ2v) is 7.99. The lowest BCUT2D eigenvalue weighted by Crippen LogP contribution is -2.30. The van der Waals surface area contributed by atoms with Gasteiger partial charge in [0.25, 0.3) is 0 Å². The Morgan fingerprint density at radius 1 is 1.29 bits per heavy atom. The first-order chi connectivity index (χ1) is 13.6. The first-order valence-corrected chi connectivity index (χ1v) is 11.4. The molecule has 0 bridgehead atoms. The van der Waals surface area contributed by atoms with Crippen LogP contribution in [-0.2, 0) is 11.3 Å². The van der Waals surface area contributed by atoms with Gasteiger partial charge in [0.1, 0.15) is 11.3 Å². The van der Waals surface area contributed by atoms with E-state index in [1.807, 2.05) is 37.4 Å². The van der Waals surface area contributed by atoms with Crippen LogP contribution in [0.4, 0.5) is 5.82 Å². The Kier molecular flexibility index (Phi) is 10.2. The molecule has 4 rings (SSSR count). The van der Waals surface area contributed by atoms with Crippen molar-refractivity contribution in [3.8, 4) is 0 Å². The minimum absolute atomic E-state index is 0.252. The van der Waals surface area contributed by atoms with E-state index in [1.54, 1.807) is 11.3 Å². The molecule has 3 N–H and O–H groups in total. The number of ether oxygens (including phenoxy) is 1. The Labute approximate surface area is 183 Å². The molecule has 0 radical (unpaired) electrons. The van der Waals surface area contributed by atoms with Crippen molar-refractivity contribution in [2.75, 3.05) is 18.5 Å². The molecule has 152 valence electrons. The van der Waals surface area contributed by atoms with Crippen molar-refractivity contribution in [3.63, 3.8) is 0 Å². The highest BCUT2D eigenvalue weighted by atomic mass is 79.9. The van der Waals surface area contributed by atoms with Crippen molar-refractivity contribution in [3.05, 3.63) is 51.0 Å². The van der Waals surface area contributed by atoms with Gasteiger partial charge in [-0.05, 0) is 45.9 Å². The largest absolute Gasteiger partial charge is 0.380 e. The van der Waals surface area contributed by atoms with Crippen molar-refractivity contribution in [1.29, 1.82) is 0 Å². The molecule has 5 nitrogen and oxygen atoms in total. The molecule has 0 aliphatic carbocycles. The third-order valence-electron chi connectivity index (χ3n) is 3.84. The van der Waals surface area contributed by atoms with Crippen LogP contribution in [0.5, 0.6) is 0 Å². The normalized spacial score (nSPS) is 15.8. The number of thiophene rings is 1. The van der Waals surface area contributed by atoms with Crippen molar-refractivity contribution in [1.82, 2.24) is 9.97 Å². The number of nitrogens with two attached hydrogens (primary N) is 1. The lowest BCUT2D eigenvalue weighted by Gasteiger charge is -2.16. The Morgan fingerprint density at radius 2 is 2.04 bits per heavy atom. The van der Waals surface area contributed by atoms with Crippen LogP contribution in [-0.4, -0.2) is 29.2 Å². The van der Waals surface area contributed by atoms with Gasteiger partial charge in [-0.2, -0.15) is 4.98 Å². The van der Waals surface area contributed by atoms with Gasteiger partial charge in [0.2, 0.25) is 5.28 Å². The third kappa shape index (κ3) is 6.97. The summed E-state index contributed by atoms with van der Waals surface area (Å²) < 4.78 is 7.01. The second-order valence-electron chi connectivity index (χ2n) is 5.92. The summed E-state index contributed by atoms with van der Waals surface area (Å²) in [6.07, 6.45) is 2.28. The monoisotopic (exact) mass is 484 g/mol. The summed E-state index contributed by atoms with van der Waals surface area (Å²) in [7, 11) is 0. The van der Waals surface area contributed by atoms with E-state index >= 15 is 0 Å². The first-order valence-electron chi connectivity index (χ1n) is 9.35. The molecule has 1 fully saturated rings. The lowest BCUT2D eigenvalue weighted by molar-refractivity contribution is 0.0822. The minimum atomic E-state index is 0.252. The van der Waals surface area contributed by atoms with Crippen LogP contribution in [0.3, 0.4) is 0 Å². The number of anilines is 1. The van der Waals surface area contributed by atoms with Crippen molar-refractivity contribution in [2.24, 2.45) is 5.73 Å². The SMILES string of the molecule is CC.Clc1nc(NCc2ccccc2)c2scc(Br)c2n1.NC1CCCOC1. The molecule has 28 heavy (non-hydrogen) atoms. The van der Waals surface area contributed by atoms with Crippen LogP contribution in [0.2, 0.25) is 5.28 Å². The molecule has 1 atom stereocenters. The predicted molar refractivity (Wildman–Crippen MR) is 123 cm³/mol. The van der Waals surface area contributed by atoms with E-state index in [0.717, 1.165) is 46.6 Å². The highest BCUT2D eigenvalue weighted by Crippen LogP contribution is 2.34. The van der Waals surface area contributed by atoms with Gasteiger partial charge in [0.05, 0.1) is 15.8 Å². The zero-order chi connectivity index (χ0) is 20.4. The van der Waals surface area contributed by atoms with Crippen LogP contribution in [0.25, 0.3) is 10.2 Å². The smallest absolute Gasteiger partial charge is 0.225 e. The Bertz CT molecular complexity index is 841. The number of nitrogens with zero attached hydrogens (tertiary/aromatic N) is 2. The van der Waals surface area contributed by atoms with E-state index in [1.165, 1.54) is 5.56 Å². The highest BCUT2D eigenvalue weighted by Gasteiger charge is 2.11. The maximum atomic E-state index is 5.96. The fourth-order valence-electron chi connectivity index (χ4n) is 2.53. The average Bonchev–Trinajstić information content (AvgIpc) is 3.10. The Morgan fingerprint density at radius 3 is 2.64 bits per heavy atom. The number of fused-ring (bicyclic) bond motifs is 1. The fourth-order valence-corrected chi connectivity index (χ4v) is 4.23. The zero-order valence-corrected chi connectivity index (χ0v) is 19.3. The van der Waals surface area contributed by atoms with Crippen molar-refractivity contribution < 1.29 is 4.74 Å². The molecular formula is C20H26BrClN4OS. The van der Waals surface area contributed by atoms with Gasteiger partial charge in [0.15, 0.2) is 0 Å². The van der Waals surface area contributed by atoms with Gasteiger partial charge in [-0.3, -0.25) is 0 Å². The number of halogens is 2. The number of hydrogen-bond acceptors (Lipinski definition) is 6. The number of nitrogens with one attached hydrogen (secondary N) is 1. The van der Waals surface area contributed by atoms with E-state index in [9.17, 15) is 0 Å². The van der Waals surface area contributed by atoms with Crippen LogP contribution < -0.4 is 11.1 Å². The number of rotatable bonds is 3. The van der Waals surface area contributed by atoms with Gasteiger partial charge in [-0.25, -0.2) is 4.98 Å². The fraction of sp³-hybridized carbons (Fsp3) is 0.400. The topological polar surface area (TPSA) is 73.1 Å². The van der Waals surface area contributed by atoms with E-state index in [-0.39, 0.29) is 5.28 Å². The predicted octanol–water partition coefficient (Wildman–Crippen LogP) is 5.87. The molecule has 3 aromatic rings. The van der Waals surface area contributed by atoms with Gasteiger partial charge in [-0.1, -0.05) is 44.2 Å². The molecule has 0 saturated carbocycles. The van der Waals surface area contributed by atoms with E-state index in [0.29, 0.717) is 12.6 Å².